The van der Waals surface area contributed by atoms with Crippen molar-refractivity contribution in [2.24, 2.45) is 0 Å². The lowest BCUT2D eigenvalue weighted by Crippen LogP contribution is -2.45. The van der Waals surface area contributed by atoms with Crippen LogP contribution in [0, 0.1) is 13.8 Å². The van der Waals surface area contributed by atoms with Gasteiger partial charge >= 0.3 is 11.9 Å². The highest BCUT2D eigenvalue weighted by molar-refractivity contribution is 6.31. The average molecular weight is 772 g/mol. The van der Waals surface area contributed by atoms with Crippen molar-refractivity contribution < 1.29 is 38.1 Å². The predicted octanol–water partition coefficient (Wildman–Crippen LogP) is 7.46. The number of fused-ring (bicyclic) bond motifs is 2. The highest BCUT2D eigenvalue weighted by atomic mass is 35.5. The Morgan fingerprint density at radius 3 is 1.37 bits per heavy atom. The molecular formula is C40H36Cl2N4O8. The van der Waals surface area contributed by atoms with Crippen LogP contribution < -0.4 is 20.3 Å². The smallest absolute Gasteiger partial charge is 0.340 e. The Morgan fingerprint density at radius 1 is 0.593 bits per heavy atom. The molecule has 0 aliphatic heterocycles. The number of amides is 2. The van der Waals surface area contributed by atoms with E-state index in [1.54, 1.807) is 74.5 Å². The number of hydrogen-bond acceptors (Lipinski definition) is 8. The van der Waals surface area contributed by atoms with E-state index in [-0.39, 0.29) is 13.2 Å². The Labute approximate surface area is 320 Å². The van der Waals surface area contributed by atoms with Crippen molar-refractivity contribution in [1.82, 2.24) is 20.0 Å². The van der Waals surface area contributed by atoms with Gasteiger partial charge < -0.3 is 28.1 Å². The lowest BCUT2D eigenvalue weighted by Gasteiger charge is -2.11. The van der Waals surface area contributed by atoms with Gasteiger partial charge in [-0.3, -0.25) is 20.4 Å². The SMILES string of the molecule is CCOC(=O)c1c(C)n(-c2cccc(Cl)c2)c2ccc(OCC(=O)NNC(=O)COc3ccc4c(c3)c(C(=O)OCC)c(C)n4-c3cccc(Cl)c3)cc12. The molecule has 2 aromatic heterocycles. The van der Waals surface area contributed by atoms with Crippen molar-refractivity contribution >= 4 is 68.8 Å². The maximum atomic E-state index is 13.0. The summed E-state index contributed by atoms with van der Waals surface area (Å²) < 4.78 is 25.9. The van der Waals surface area contributed by atoms with Crippen LogP contribution >= 0.6 is 23.2 Å². The number of aromatic nitrogens is 2. The van der Waals surface area contributed by atoms with Gasteiger partial charge in [0.25, 0.3) is 11.8 Å². The van der Waals surface area contributed by atoms with Gasteiger partial charge in [-0.15, -0.1) is 0 Å². The molecule has 0 unspecified atom stereocenters. The number of benzene rings is 4. The van der Waals surface area contributed by atoms with Crippen molar-refractivity contribution in [3.8, 4) is 22.9 Å². The lowest BCUT2D eigenvalue weighted by molar-refractivity contribution is -0.131. The summed E-state index contributed by atoms with van der Waals surface area (Å²) in [6.07, 6.45) is 0. The third-order valence-electron chi connectivity index (χ3n) is 8.52. The Hall–Kier alpha value is -5.98. The molecule has 0 bridgehead atoms. The highest BCUT2D eigenvalue weighted by Gasteiger charge is 2.24. The van der Waals surface area contributed by atoms with E-state index in [1.165, 1.54) is 0 Å². The van der Waals surface area contributed by atoms with Gasteiger partial charge in [-0.1, -0.05) is 35.3 Å². The Bertz CT molecular complexity index is 2250. The van der Waals surface area contributed by atoms with Crippen LogP contribution in [0.5, 0.6) is 11.5 Å². The van der Waals surface area contributed by atoms with Gasteiger partial charge in [-0.25, -0.2) is 9.59 Å². The molecule has 0 fully saturated rings. The van der Waals surface area contributed by atoms with Crippen molar-refractivity contribution in [3.05, 3.63) is 117 Å². The monoisotopic (exact) mass is 770 g/mol. The Kier molecular flexibility index (Phi) is 11.4. The van der Waals surface area contributed by atoms with Crippen LogP contribution in [0.4, 0.5) is 0 Å². The molecule has 0 radical (unpaired) electrons. The minimum Gasteiger partial charge on any atom is -0.484 e. The van der Waals surface area contributed by atoms with E-state index in [9.17, 15) is 19.2 Å². The van der Waals surface area contributed by atoms with Crippen LogP contribution in [-0.2, 0) is 19.1 Å². The van der Waals surface area contributed by atoms with Crippen LogP contribution in [0.2, 0.25) is 10.0 Å². The van der Waals surface area contributed by atoms with Gasteiger partial charge in [-0.2, -0.15) is 0 Å². The highest BCUT2D eigenvalue weighted by Crippen LogP contribution is 2.35. The fraction of sp³-hybridized carbons (Fsp3) is 0.200. The Morgan fingerprint density at radius 2 is 1.00 bits per heavy atom. The van der Waals surface area contributed by atoms with E-state index >= 15 is 0 Å². The molecule has 278 valence electrons. The summed E-state index contributed by atoms with van der Waals surface area (Å²) in [5.74, 6) is -1.63. The molecular weight excluding hydrogens is 735 g/mol. The number of halogens is 2. The second-order valence-corrected chi connectivity index (χ2v) is 12.9. The molecule has 0 saturated carbocycles. The molecule has 2 N–H and O–H groups in total. The normalized spacial score (nSPS) is 11.0. The van der Waals surface area contributed by atoms with Crippen LogP contribution in [0.1, 0.15) is 46.0 Å². The zero-order chi connectivity index (χ0) is 38.5. The van der Waals surface area contributed by atoms with E-state index in [0.29, 0.717) is 65.9 Å². The zero-order valence-electron chi connectivity index (χ0n) is 29.8. The van der Waals surface area contributed by atoms with Crippen LogP contribution in [0.3, 0.4) is 0 Å². The molecule has 0 aliphatic carbocycles. The molecule has 54 heavy (non-hydrogen) atoms. The number of hydrogen-bond donors (Lipinski definition) is 2. The predicted molar refractivity (Wildman–Crippen MR) is 205 cm³/mol. The van der Waals surface area contributed by atoms with Crippen LogP contribution in [0.15, 0.2) is 84.9 Å². The van der Waals surface area contributed by atoms with Gasteiger partial charge in [0.2, 0.25) is 0 Å². The van der Waals surface area contributed by atoms with Gasteiger partial charge in [0.05, 0.1) is 35.4 Å². The number of hydrazine groups is 1. The first-order valence-corrected chi connectivity index (χ1v) is 17.8. The van der Waals surface area contributed by atoms with Crippen molar-refractivity contribution in [2.45, 2.75) is 27.7 Å². The summed E-state index contributed by atoms with van der Waals surface area (Å²) in [4.78, 5) is 51.3. The third-order valence-corrected chi connectivity index (χ3v) is 8.99. The van der Waals surface area contributed by atoms with E-state index in [1.807, 2.05) is 47.2 Å². The molecule has 6 aromatic rings. The maximum Gasteiger partial charge on any atom is 0.340 e. The molecule has 12 nitrogen and oxygen atoms in total. The summed E-state index contributed by atoms with van der Waals surface area (Å²) in [5, 5.41) is 2.22. The summed E-state index contributed by atoms with van der Waals surface area (Å²) in [5.41, 5.74) is 9.58. The molecule has 14 heteroatoms. The Balaban J connectivity index is 1.10. The van der Waals surface area contributed by atoms with E-state index in [2.05, 4.69) is 10.9 Å². The molecule has 0 spiro atoms. The van der Waals surface area contributed by atoms with Crippen molar-refractivity contribution in [1.29, 1.82) is 0 Å². The fourth-order valence-corrected chi connectivity index (χ4v) is 6.67. The molecule has 0 aliphatic rings. The number of esters is 2. The molecule has 0 saturated heterocycles. The summed E-state index contributed by atoms with van der Waals surface area (Å²) in [7, 11) is 0. The minimum atomic E-state index is -0.639. The fourth-order valence-electron chi connectivity index (χ4n) is 6.30. The second-order valence-electron chi connectivity index (χ2n) is 12.0. The van der Waals surface area contributed by atoms with E-state index in [0.717, 1.165) is 11.4 Å². The van der Waals surface area contributed by atoms with Gasteiger partial charge in [-0.05, 0) is 100 Å². The van der Waals surface area contributed by atoms with Gasteiger partial charge in [0.15, 0.2) is 13.2 Å². The number of nitrogens with zero attached hydrogens (tertiary/aromatic N) is 2. The van der Waals surface area contributed by atoms with Crippen LogP contribution in [0.25, 0.3) is 33.2 Å². The zero-order valence-corrected chi connectivity index (χ0v) is 31.3. The van der Waals surface area contributed by atoms with Crippen LogP contribution in [-0.4, -0.2) is 59.3 Å². The van der Waals surface area contributed by atoms with Crippen molar-refractivity contribution in [2.75, 3.05) is 26.4 Å². The first kappa shape index (κ1) is 37.8. The van der Waals surface area contributed by atoms with Crippen molar-refractivity contribution in [3.63, 3.8) is 0 Å². The molecule has 4 aromatic carbocycles. The number of nitrogens with one attached hydrogen (secondary N) is 2. The summed E-state index contributed by atoms with van der Waals surface area (Å²) >= 11 is 12.5. The molecule has 0 atom stereocenters. The first-order valence-electron chi connectivity index (χ1n) is 17.0. The number of carbonyl (C=O) groups is 4. The quantitative estimate of drug-likeness (QED) is 0.0967. The molecule has 6 rings (SSSR count). The van der Waals surface area contributed by atoms with E-state index in [4.69, 9.17) is 42.1 Å². The topological polar surface area (TPSA) is 139 Å². The summed E-state index contributed by atoms with van der Waals surface area (Å²) in [6, 6.07) is 24.7. The van der Waals surface area contributed by atoms with E-state index < -0.39 is 37.0 Å². The second kappa shape index (κ2) is 16.4. The van der Waals surface area contributed by atoms with Gasteiger partial charge in [0.1, 0.15) is 11.5 Å². The molecule has 2 heterocycles. The minimum absolute atomic E-state index is 0.194. The number of ether oxygens (including phenoxy) is 4. The lowest BCUT2D eigenvalue weighted by atomic mass is 10.1. The van der Waals surface area contributed by atoms with Gasteiger partial charge in [0, 0.05) is 43.6 Å². The maximum absolute atomic E-state index is 13.0. The average Bonchev–Trinajstić information content (AvgIpc) is 3.61. The third kappa shape index (κ3) is 7.85. The first-order chi connectivity index (χ1) is 26.0. The standard InChI is InChI=1S/C40H36Cl2N4O8/c1-5-51-39(49)37-23(3)45(27-11-7-9-25(41)17-27)33-15-13-29(19-31(33)37)53-21-35(47)43-44-36(48)22-54-30-14-16-34-32(20-30)38(40(50)52-6-2)24(4)46(34)28-12-8-10-26(42)18-28/h7-20H,5-6,21-22H2,1-4H3,(H,43,47)(H,44,48). The molecule has 2 amide bonds. The largest absolute Gasteiger partial charge is 0.484 e. The number of carbonyl (C=O) groups excluding carboxylic acids is 4. The number of rotatable bonds is 12. The summed E-state index contributed by atoms with van der Waals surface area (Å²) in [6.45, 7) is 6.59.